The molecule has 0 aliphatic rings. The molecule has 1 N–H and O–H groups in total. The number of unbranched alkanes of at least 4 members (excludes halogenated alkanes) is 1. The van der Waals surface area contributed by atoms with Gasteiger partial charge in [0.15, 0.2) is 0 Å². The molecule has 0 amide bonds. The minimum absolute atomic E-state index is 0. The van der Waals surface area contributed by atoms with Gasteiger partial charge in [0, 0.05) is 27.6 Å². The number of rotatable bonds is 6. The molecule has 4 heteroatoms. The summed E-state index contributed by atoms with van der Waals surface area (Å²) in [5, 5.41) is 3.10. The second-order valence-electron chi connectivity index (χ2n) is 3.10. The number of hydrogen-bond donors (Lipinski definition) is 2. The minimum Gasteiger partial charge on any atom is -0.371 e. The molecule has 0 heterocycles. The molecule has 1 atom stereocenters. The van der Waals surface area contributed by atoms with Crippen molar-refractivity contribution in [3.05, 3.63) is 0 Å². The van der Waals surface area contributed by atoms with E-state index in [0.717, 1.165) is 12.5 Å². The first-order valence-electron chi connectivity index (χ1n) is 4.67. The quantitative estimate of drug-likeness (QED) is 0.444. The largest absolute Gasteiger partial charge is 0.371 e. The van der Waals surface area contributed by atoms with Gasteiger partial charge >= 0.3 is 0 Å². The van der Waals surface area contributed by atoms with Crippen LogP contribution in [0, 0.1) is 5.92 Å². The van der Waals surface area contributed by atoms with Crippen LogP contribution in [0.4, 0.5) is 0 Å². The Kier molecular flexibility index (Phi) is 13.9. The fourth-order valence-corrected chi connectivity index (χ4v) is 1.35. The molecule has 0 rings (SSSR count). The number of nitrogens with one attached hydrogen (secondary N) is 1. The SMILES string of the molecule is CCCCC(CC)CNC(=S)S.[Mo]. The average molecular weight is 301 g/mol. The monoisotopic (exact) mass is 303 g/mol. The third-order valence-corrected chi connectivity index (χ3v) is 2.39. The van der Waals surface area contributed by atoms with Crippen molar-refractivity contribution in [1.29, 1.82) is 0 Å². The van der Waals surface area contributed by atoms with Gasteiger partial charge in [-0.25, -0.2) is 0 Å². The Morgan fingerprint density at radius 3 is 2.46 bits per heavy atom. The van der Waals surface area contributed by atoms with Crippen molar-refractivity contribution < 1.29 is 21.1 Å². The molecule has 0 radical (unpaired) electrons. The van der Waals surface area contributed by atoms with Crippen LogP contribution in [0.5, 0.6) is 0 Å². The zero-order valence-corrected chi connectivity index (χ0v) is 12.1. The summed E-state index contributed by atoms with van der Waals surface area (Å²) in [6.07, 6.45) is 5.13. The van der Waals surface area contributed by atoms with E-state index in [9.17, 15) is 0 Å². The van der Waals surface area contributed by atoms with Crippen LogP contribution < -0.4 is 5.32 Å². The maximum absolute atomic E-state index is 4.83. The van der Waals surface area contributed by atoms with Crippen molar-refractivity contribution in [3.63, 3.8) is 0 Å². The van der Waals surface area contributed by atoms with Crippen molar-refractivity contribution in [1.82, 2.24) is 5.32 Å². The van der Waals surface area contributed by atoms with Gasteiger partial charge in [0.25, 0.3) is 0 Å². The summed E-state index contributed by atoms with van der Waals surface area (Å²) in [6.45, 7) is 5.44. The smallest absolute Gasteiger partial charge is 0.130 e. The van der Waals surface area contributed by atoms with Gasteiger partial charge in [-0.2, -0.15) is 0 Å². The van der Waals surface area contributed by atoms with Gasteiger partial charge < -0.3 is 5.32 Å². The molecular formula is C9H19MoNS2. The molecule has 78 valence electrons. The van der Waals surface area contributed by atoms with E-state index in [0.29, 0.717) is 4.32 Å². The first-order chi connectivity index (χ1) is 5.70. The fraction of sp³-hybridized carbons (Fsp3) is 0.889. The molecule has 0 spiro atoms. The second kappa shape index (κ2) is 11.0. The van der Waals surface area contributed by atoms with Crippen molar-refractivity contribution in [3.8, 4) is 0 Å². The van der Waals surface area contributed by atoms with Crippen molar-refractivity contribution >= 4 is 29.2 Å². The molecule has 0 aromatic heterocycles. The van der Waals surface area contributed by atoms with Crippen LogP contribution in [-0.2, 0) is 21.1 Å². The molecule has 13 heavy (non-hydrogen) atoms. The van der Waals surface area contributed by atoms with Crippen LogP contribution in [-0.4, -0.2) is 10.9 Å². The summed E-state index contributed by atoms with van der Waals surface area (Å²) in [5.74, 6) is 0.759. The van der Waals surface area contributed by atoms with Gasteiger partial charge in [0.2, 0.25) is 0 Å². The van der Waals surface area contributed by atoms with Crippen molar-refractivity contribution in [2.45, 2.75) is 39.5 Å². The van der Waals surface area contributed by atoms with E-state index in [1.54, 1.807) is 0 Å². The van der Waals surface area contributed by atoms with E-state index in [1.807, 2.05) is 0 Å². The second-order valence-corrected chi connectivity index (χ2v) is 4.26. The van der Waals surface area contributed by atoms with Crippen LogP contribution >= 0.6 is 24.8 Å². The van der Waals surface area contributed by atoms with Crippen LogP contribution in [0.2, 0.25) is 0 Å². The van der Waals surface area contributed by atoms with Gasteiger partial charge in [0.05, 0.1) is 0 Å². The van der Waals surface area contributed by atoms with E-state index < -0.39 is 0 Å². The molecule has 1 unspecified atom stereocenters. The summed E-state index contributed by atoms with van der Waals surface area (Å²) in [7, 11) is 0. The molecule has 0 fully saturated rings. The molecule has 1 nitrogen and oxygen atoms in total. The molecule has 0 aliphatic carbocycles. The third-order valence-electron chi connectivity index (χ3n) is 2.09. The van der Waals surface area contributed by atoms with Gasteiger partial charge in [-0.05, 0) is 12.3 Å². The molecule has 0 saturated heterocycles. The summed E-state index contributed by atoms with van der Waals surface area (Å²) in [6, 6.07) is 0. The van der Waals surface area contributed by atoms with Crippen LogP contribution in [0.25, 0.3) is 0 Å². The predicted octanol–water partition coefficient (Wildman–Crippen LogP) is 3.00. The van der Waals surface area contributed by atoms with Crippen LogP contribution in [0.3, 0.4) is 0 Å². The maximum atomic E-state index is 4.83. The molecule has 0 aromatic rings. The van der Waals surface area contributed by atoms with Gasteiger partial charge in [0.1, 0.15) is 4.32 Å². The first kappa shape index (κ1) is 16.4. The Bertz CT molecular complexity index is 131. The third kappa shape index (κ3) is 10.9. The van der Waals surface area contributed by atoms with Gasteiger partial charge in [-0.1, -0.05) is 45.3 Å². The van der Waals surface area contributed by atoms with E-state index in [1.165, 1.54) is 25.7 Å². The summed E-state index contributed by atoms with van der Waals surface area (Å²) < 4.78 is 0.616. The van der Waals surface area contributed by atoms with E-state index in [2.05, 4.69) is 31.8 Å². The number of thiol groups is 1. The molecular weight excluding hydrogens is 282 g/mol. The topological polar surface area (TPSA) is 12.0 Å². The van der Waals surface area contributed by atoms with E-state index in [4.69, 9.17) is 12.2 Å². The molecule has 0 bridgehead atoms. The van der Waals surface area contributed by atoms with E-state index >= 15 is 0 Å². The normalized spacial score (nSPS) is 11.6. The van der Waals surface area contributed by atoms with Crippen LogP contribution in [0.15, 0.2) is 0 Å². The Labute approximate surface area is 107 Å². The first-order valence-corrected chi connectivity index (χ1v) is 5.53. The Morgan fingerprint density at radius 1 is 1.46 bits per heavy atom. The summed E-state index contributed by atoms with van der Waals surface area (Å²) in [5.41, 5.74) is 0. The maximum Gasteiger partial charge on any atom is 0.130 e. The standard InChI is InChI=1S/C9H19NS2.Mo/c1-3-5-6-8(4-2)7-10-9(11)12;/h8H,3-7H2,1-2H3,(H2,10,11,12);. The molecule has 0 saturated carbocycles. The molecule has 0 aliphatic heterocycles. The Hall–Kier alpha value is 0.928. The average Bonchev–Trinajstić information content (AvgIpc) is 2.05. The Balaban J connectivity index is 0. The summed E-state index contributed by atoms with van der Waals surface area (Å²) >= 11 is 8.85. The van der Waals surface area contributed by atoms with Gasteiger partial charge in [-0.15, -0.1) is 12.6 Å². The van der Waals surface area contributed by atoms with Crippen molar-refractivity contribution in [2.75, 3.05) is 6.54 Å². The molecule has 0 aromatic carbocycles. The minimum atomic E-state index is 0. The van der Waals surface area contributed by atoms with Crippen LogP contribution in [0.1, 0.15) is 39.5 Å². The zero-order valence-electron chi connectivity index (χ0n) is 8.38. The van der Waals surface area contributed by atoms with Gasteiger partial charge in [-0.3, -0.25) is 0 Å². The number of thiocarbonyl (C=S) groups is 1. The summed E-state index contributed by atoms with van der Waals surface area (Å²) in [4.78, 5) is 0. The number of hydrogen-bond acceptors (Lipinski definition) is 1. The van der Waals surface area contributed by atoms with E-state index in [-0.39, 0.29) is 21.1 Å². The fourth-order valence-electron chi connectivity index (χ4n) is 1.17. The zero-order chi connectivity index (χ0) is 9.40. The Morgan fingerprint density at radius 2 is 2.08 bits per heavy atom. The van der Waals surface area contributed by atoms with Crippen molar-refractivity contribution in [2.24, 2.45) is 5.92 Å². The predicted molar refractivity (Wildman–Crippen MR) is 62.9 cm³/mol.